The molecule has 2 saturated heterocycles. The highest BCUT2D eigenvalue weighted by molar-refractivity contribution is 5.73. The van der Waals surface area contributed by atoms with Gasteiger partial charge in [0, 0.05) is 38.7 Å². The molecule has 1 atom stereocenters. The number of piperidine rings is 1. The average molecular weight is 319 g/mol. The van der Waals surface area contributed by atoms with Crippen molar-refractivity contribution in [3.63, 3.8) is 0 Å². The Balaban J connectivity index is 1.64. The van der Waals surface area contributed by atoms with Gasteiger partial charge in [0.25, 0.3) is 0 Å². The summed E-state index contributed by atoms with van der Waals surface area (Å²) >= 11 is 0. The van der Waals surface area contributed by atoms with Crippen LogP contribution >= 0.6 is 0 Å². The van der Waals surface area contributed by atoms with E-state index >= 15 is 0 Å². The Labute approximate surface area is 136 Å². The molecule has 0 radical (unpaired) electrons. The van der Waals surface area contributed by atoms with Crippen LogP contribution in [0.2, 0.25) is 0 Å². The van der Waals surface area contributed by atoms with Crippen molar-refractivity contribution < 1.29 is 9.53 Å². The molecular weight excluding hydrogens is 294 g/mol. The first-order chi connectivity index (χ1) is 11.2. The standard InChI is InChI=1S/C16H25N5O2/c17-14(22)4-3-13-2-1-5-21(11-13)16-10-15(18-12-19-16)20-6-8-23-9-7-20/h10,12-13H,1-9,11H2,(H2,17,22). The van der Waals surface area contributed by atoms with Crippen molar-refractivity contribution in [1.82, 2.24) is 9.97 Å². The van der Waals surface area contributed by atoms with Gasteiger partial charge in [-0.3, -0.25) is 4.79 Å². The summed E-state index contributed by atoms with van der Waals surface area (Å²) in [6.07, 6.45) is 5.27. The summed E-state index contributed by atoms with van der Waals surface area (Å²) in [7, 11) is 0. The molecule has 23 heavy (non-hydrogen) atoms. The number of primary amides is 1. The van der Waals surface area contributed by atoms with Crippen LogP contribution in [0, 0.1) is 5.92 Å². The number of morpholine rings is 1. The fourth-order valence-corrected chi connectivity index (χ4v) is 3.33. The maximum Gasteiger partial charge on any atom is 0.217 e. The van der Waals surface area contributed by atoms with Crippen molar-refractivity contribution in [2.24, 2.45) is 11.7 Å². The van der Waals surface area contributed by atoms with Crippen LogP contribution in [0.25, 0.3) is 0 Å². The van der Waals surface area contributed by atoms with Gasteiger partial charge in [0.05, 0.1) is 13.2 Å². The Morgan fingerprint density at radius 3 is 2.70 bits per heavy atom. The zero-order valence-corrected chi connectivity index (χ0v) is 13.5. The number of amides is 1. The third-order valence-electron chi connectivity index (χ3n) is 4.62. The molecule has 2 N–H and O–H groups in total. The first kappa shape index (κ1) is 16.0. The summed E-state index contributed by atoms with van der Waals surface area (Å²) in [5.74, 6) is 2.25. The first-order valence-electron chi connectivity index (χ1n) is 8.40. The van der Waals surface area contributed by atoms with Crippen LogP contribution < -0.4 is 15.5 Å². The minimum Gasteiger partial charge on any atom is -0.378 e. The lowest BCUT2D eigenvalue weighted by molar-refractivity contribution is -0.118. The van der Waals surface area contributed by atoms with Gasteiger partial charge in [0.1, 0.15) is 18.0 Å². The predicted molar refractivity (Wildman–Crippen MR) is 88.4 cm³/mol. The summed E-state index contributed by atoms with van der Waals surface area (Å²) in [6.45, 7) is 5.19. The lowest BCUT2D eigenvalue weighted by Crippen LogP contribution is -2.38. The average Bonchev–Trinajstić information content (AvgIpc) is 2.61. The lowest BCUT2D eigenvalue weighted by Gasteiger charge is -2.34. The molecule has 0 spiro atoms. The number of anilines is 2. The van der Waals surface area contributed by atoms with Crippen molar-refractivity contribution in [2.45, 2.75) is 25.7 Å². The summed E-state index contributed by atoms with van der Waals surface area (Å²) in [5, 5.41) is 0. The monoisotopic (exact) mass is 319 g/mol. The van der Waals surface area contributed by atoms with Crippen molar-refractivity contribution in [1.29, 1.82) is 0 Å². The number of nitrogens with two attached hydrogens (primary N) is 1. The van der Waals surface area contributed by atoms with Crippen molar-refractivity contribution in [3.8, 4) is 0 Å². The van der Waals surface area contributed by atoms with Gasteiger partial charge in [-0.05, 0) is 25.2 Å². The van der Waals surface area contributed by atoms with Gasteiger partial charge < -0.3 is 20.3 Å². The number of hydrogen-bond donors (Lipinski definition) is 1. The summed E-state index contributed by atoms with van der Waals surface area (Å²) in [6, 6.07) is 2.07. The Kier molecular flexibility index (Phi) is 5.27. The Morgan fingerprint density at radius 1 is 1.22 bits per heavy atom. The second-order valence-electron chi connectivity index (χ2n) is 6.29. The maximum absolute atomic E-state index is 11.0. The third-order valence-corrected chi connectivity index (χ3v) is 4.62. The van der Waals surface area contributed by atoms with Crippen LogP contribution in [0.3, 0.4) is 0 Å². The Bertz CT molecular complexity index is 533. The van der Waals surface area contributed by atoms with E-state index in [1.54, 1.807) is 6.33 Å². The maximum atomic E-state index is 11.0. The second kappa shape index (κ2) is 7.59. The summed E-state index contributed by atoms with van der Waals surface area (Å²) in [5.41, 5.74) is 5.27. The number of nitrogens with zero attached hydrogens (tertiary/aromatic N) is 4. The molecule has 126 valence electrons. The third kappa shape index (κ3) is 4.31. The summed E-state index contributed by atoms with van der Waals surface area (Å²) < 4.78 is 5.39. The number of aromatic nitrogens is 2. The predicted octanol–water partition coefficient (Wildman–Crippen LogP) is 0.795. The molecule has 3 heterocycles. The molecule has 2 aliphatic rings. The fourth-order valence-electron chi connectivity index (χ4n) is 3.33. The van der Waals surface area contributed by atoms with Gasteiger partial charge in [-0.2, -0.15) is 0 Å². The molecule has 7 heteroatoms. The van der Waals surface area contributed by atoms with E-state index in [4.69, 9.17) is 10.5 Å². The van der Waals surface area contributed by atoms with Gasteiger partial charge in [-0.25, -0.2) is 9.97 Å². The van der Waals surface area contributed by atoms with E-state index in [1.165, 1.54) is 0 Å². The van der Waals surface area contributed by atoms with Crippen LogP contribution in [0.1, 0.15) is 25.7 Å². The molecular formula is C16H25N5O2. The van der Waals surface area contributed by atoms with Crippen molar-refractivity contribution in [3.05, 3.63) is 12.4 Å². The van der Waals surface area contributed by atoms with E-state index < -0.39 is 0 Å². The smallest absolute Gasteiger partial charge is 0.217 e. The minimum atomic E-state index is -0.209. The fraction of sp³-hybridized carbons (Fsp3) is 0.688. The van der Waals surface area contributed by atoms with E-state index in [0.29, 0.717) is 12.3 Å². The SMILES string of the molecule is NC(=O)CCC1CCCN(c2cc(N3CCOCC3)ncn2)C1. The van der Waals surface area contributed by atoms with Gasteiger partial charge in [-0.15, -0.1) is 0 Å². The quantitative estimate of drug-likeness (QED) is 0.864. The van der Waals surface area contributed by atoms with Crippen LogP contribution in [-0.4, -0.2) is 55.3 Å². The molecule has 7 nitrogen and oxygen atoms in total. The molecule has 0 bridgehead atoms. The largest absolute Gasteiger partial charge is 0.378 e. The van der Waals surface area contributed by atoms with E-state index in [2.05, 4.69) is 25.8 Å². The zero-order chi connectivity index (χ0) is 16.1. The molecule has 1 unspecified atom stereocenters. The molecule has 0 aliphatic carbocycles. The van der Waals surface area contributed by atoms with Crippen LogP contribution in [-0.2, 0) is 9.53 Å². The highest BCUT2D eigenvalue weighted by Crippen LogP contribution is 2.26. The molecule has 1 aromatic rings. The zero-order valence-electron chi connectivity index (χ0n) is 13.5. The number of rotatable bonds is 5. The minimum absolute atomic E-state index is 0.209. The van der Waals surface area contributed by atoms with Crippen LogP contribution in [0.4, 0.5) is 11.6 Å². The van der Waals surface area contributed by atoms with Gasteiger partial charge in [0.2, 0.25) is 5.91 Å². The van der Waals surface area contributed by atoms with Gasteiger partial charge in [0.15, 0.2) is 0 Å². The molecule has 3 rings (SSSR count). The van der Waals surface area contributed by atoms with Crippen LogP contribution in [0.5, 0.6) is 0 Å². The van der Waals surface area contributed by atoms with E-state index in [0.717, 1.165) is 70.3 Å². The summed E-state index contributed by atoms with van der Waals surface area (Å²) in [4.78, 5) is 24.4. The van der Waals surface area contributed by atoms with Crippen molar-refractivity contribution >= 4 is 17.5 Å². The Hall–Kier alpha value is -1.89. The molecule has 0 saturated carbocycles. The normalized spacial score (nSPS) is 22.2. The molecule has 2 aliphatic heterocycles. The number of carbonyl (C=O) groups is 1. The van der Waals surface area contributed by atoms with Crippen LogP contribution in [0.15, 0.2) is 12.4 Å². The number of carbonyl (C=O) groups excluding carboxylic acids is 1. The second-order valence-corrected chi connectivity index (χ2v) is 6.29. The van der Waals surface area contributed by atoms with E-state index in [-0.39, 0.29) is 5.91 Å². The topological polar surface area (TPSA) is 84.6 Å². The Morgan fingerprint density at radius 2 is 1.96 bits per heavy atom. The van der Waals surface area contributed by atoms with Crippen molar-refractivity contribution in [2.75, 3.05) is 49.2 Å². The lowest BCUT2D eigenvalue weighted by atomic mass is 9.93. The van der Waals surface area contributed by atoms with E-state index in [1.807, 2.05) is 0 Å². The molecule has 1 aromatic heterocycles. The highest BCUT2D eigenvalue weighted by Gasteiger charge is 2.22. The first-order valence-corrected chi connectivity index (χ1v) is 8.40. The number of ether oxygens (including phenoxy) is 1. The van der Waals surface area contributed by atoms with Gasteiger partial charge >= 0.3 is 0 Å². The molecule has 0 aromatic carbocycles. The number of hydrogen-bond acceptors (Lipinski definition) is 6. The highest BCUT2D eigenvalue weighted by atomic mass is 16.5. The molecule has 2 fully saturated rings. The van der Waals surface area contributed by atoms with E-state index in [9.17, 15) is 4.79 Å². The molecule has 1 amide bonds. The van der Waals surface area contributed by atoms with Gasteiger partial charge in [-0.1, -0.05) is 0 Å².